The van der Waals surface area contributed by atoms with Gasteiger partial charge in [0, 0.05) is 29.2 Å². The first-order valence-corrected chi connectivity index (χ1v) is 8.43. The molecule has 0 spiro atoms. The fourth-order valence-corrected chi connectivity index (χ4v) is 3.24. The Morgan fingerprint density at radius 1 is 1.04 bits per heavy atom. The molecule has 0 bridgehead atoms. The molecule has 4 heteroatoms. The van der Waals surface area contributed by atoms with Gasteiger partial charge in [-0.25, -0.2) is 0 Å². The summed E-state index contributed by atoms with van der Waals surface area (Å²) in [5, 5.41) is 7.07. The Morgan fingerprint density at radius 3 is 2.52 bits per heavy atom. The lowest BCUT2D eigenvalue weighted by atomic mass is 10.1. The highest BCUT2D eigenvalue weighted by Crippen LogP contribution is 2.28. The second kappa shape index (κ2) is 6.06. The highest BCUT2D eigenvalue weighted by Gasteiger charge is 2.28. The van der Waals surface area contributed by atoms with E-state index < -0.39 is 0 Å². The molecule has 124 valence electrons. The minimum Gasteiger partial charge on any atom is -0.347 e. The standard InChI is InChI=1S/C21H19N3O/c1-3-23-14-16(18-11-7-8-12-20(18)23)13-19-15(2)22-24(21(19)25)17-9-5-4-6-10-17/h4-14H,3H2,1-2H3. The Balaban J connectivity index is 1.78. The maximum Gasteiger partial charge on any atom is 0.280 e. The summed E-state index contributed by atoms with van der Waals surface area (Å²) in [6, 6.07) is 17.8. The molecule has 2 heterocycles. The summed E-state index contributed by atoms with van der Waals surface area (Å²) < 4.78 is 2.20. The topological polar surface area (TPSA) is 37.6 Å². The molecule has 1 aromatic heterocycles. The van der Waals surface area contributed by atoms with Crippen LogP contribution in [0.15, 0.2) is 71.5 Å². The molecule has 2 aromatic carbocycles. The largest absolute Gasteiger partial charge is 0.347 e. The van der Waals surface area contributed by atoms with Gasteiger partial charge in [0.15, 0.2) is 0 Å². The first-order chi connectivity index (χ1) is 12.2. The molecule has 0 aliphatic carbocycles. The van der Waals surface area contributed by atoms with Crippen LogP contribution < -0.4 is 5.01 Å². The molecule has 0 unspecified atom stereocenters. The van der Waals surface area contributed by atoms with Gasteiger partial charge in [0.2, 0.25) is 0 Å². The zero-order chi connectivity index (χ0) is 17.4. The number of hydrogen-bond donors (Lipinski definition) is 0. The van der Waals surface area contributed by atoms with Crippen LogP contribution in [-0.2, 0) is 11.3 Å². The van der Waals surface area contributed by atoms with Crippen LogP contribution in [0.2, 0.25) is 0 Å². The van der Waals surface area contributed by atoms with Crippen molar-refractivity contribution in [3.63, 3.8) is 0 Å². The minimum absolute atomic E-state index is 0.0861. The van der Waals surface area contributed by atoms with Gasteiger partial charge in [0.05, 0.1) is 17.0 Å². The van der Waals surface area contributed by atoms with E-state index in [1.807, 2.05) is 55.5 Å². The van der Waals surface area contributed by atoms with Gasteiger partial charge in [-0.1, -0.05) is 36.4 Å². The van der Waals surface area contributed by atoms with Crippen molar-refractivity contribution in [2.75, 3.05) is 5.01 Å². The van der Waals surface area contributed by atoms with Crippen molar-refractivity contribution in [1.82, 2.24) is 4.57 Å². The van der Waals surface area contributed by atoms with Crippen LogP contribution in [0, 0.1) is 0 Å². The van der Waals surface area contributed by atoms with E-state index in [-0.39, 0.29) is 5.91 Å². The second-order valence-electron chi connectivity index (χ2n) is 6.08. The van der Waals surface area contributed by atoms with Crippen molar-refractivity contribution >= 4 is 34.3 Å². The molecule has 0 saturated carbocycles. The Hall–Kier alpha value is -3.14. The predicted octanol–water partition coefficient (Wildman–Crippen LogP) is 4.47. The molecule has 4 nitrogen and oxygen atoms in total. The van der Waals surface area contributed by atoms with Gasteiger partial charge in [0.1, 0.15) is 0 Å². The normalized spacial score (nSPS) is 16.1. The molecule has 1 aliphatic heterocycles. The second-order valence-corrected chi connectivity index (χ2v) is 6.08. The maximum absolute atomic E-state index is 12.9. The van der Waals surface area contributed by atoms with Crippen LogP contribution >= 0.6 is 0 Å². The van der Waals surface area contributed by atoms with E-state index in [0.29, 0.717) is 5.57 Å². The fourth-order valence-electron chi connectivity index (χ4n) is 3.24. The molecule has 25 heavy (non-hydrogen) atoms. The summed E-state index contributed by atoms with van der Waals surface area (Å²) in [5.74, 6) is -0.0861. The molecule has 0 radical (unpaired) electrons. The van der Waals surface area contributed by atoms with E-state index >= 15 is 0 Å². The van der Waals surface area contributed by atoms with Crippen LogP contribution in [0.1, 0.15) is 19.4 Å². The van der Waals surface area contributed by atoms with Crippen molar-refractivity contribution in [2.45, 2.75) is 20.4 Å². The molecule has 1 aliphatic rings. The van der Waals surface area contributed by atoms with Gasteiger partial charge in [-0.2, -0.15) is 10.1 Å². The molecule has 0 saturated heterocycles. The van der Waals surface area contributed by atoms with E-state index in [1.165, 1.54) is 10.5 Å². The van der Waals surface area contributed by atoms with E-state index in [9.17, 15) is 4.79 Å². The first kappa shape index (κ1) is 15.4. The van der Waals surface area contributed by atoms with E-state index in [2.05, 4.69) is 34.9 Å². The van der Waals surface area contributed by atoms with Crippen molar-refractivity contribution in [1.29, 1.82) is 0 Å². The minimum atomic E-state index is -0.0861. The predicted molar refractivity (Wildman–Crippen MR) is 103 cm³/mol. The zero-order valence-electron chi connectivity index (χ0n) is 14.3. The summed E-state index contributed by atoms with van der Waals surface area (Å²) >= 11 is 0. The lowest BCUT2D eigenvalue weighted by Crippen LogP contribution is -2.21. The van der Waals surface area contributed by atoms with Gasteiger partial charge in [0.25, 0.3) is 5.91 Å². The number of aromatic nitrogens is 1. The maximum atomic E-state index is 12.9. The summed E-state index contributed by atoms with van der Waals surface area (Å²) in [5.41, 5.74) is 4.39. The van der Waals surface area contributed by atoms with Gasteiger partial charge in [-0.05, 0) is 38.1 Å². The molecule has 0 atom stereocenters. The Bertz CT molecular complexity index is 1010. The van der Waals surface area contributed by atoms with Gasteiger partial charge in [-0.15, -0.1) is 0 Å². The molecule has 0 N–H and O–H groups in total. The number of nitrogens with zero attached hydrogens (tertiary/aromatic N) is 3. The first-order valence-electron chi connectivity index (χ1n) is 8.43. The highest BCUT2D eigenvalue weighted by atomic mass is 16.2. The number of fused-ring (bicyclic) bond motifs is 1. The Morgan fingerprint density at radius 2 is 1.76 bits per heavy atom. The monoisotopic (exact) mass is 329 g/mol. The number of carbonyl (C=O) groups excluding carboxylic acids is 1. The number of rotatable bonds is 3. The van der Waals surface area contributed by atoms with Crippen LogP contribution in [0.3, 0.4) is 0 Å². The molecule has 0 fully saturated rings. The van der Waals surface area contributed by atoms with E-state index in [1.54, 1.807) is 0 Å². The highest BCUT2D eigenvalue weighted by molar-refractivity contribution is 6.32. The SMILES string of the molecule is CCn1cc(C=C2C(=O)N(c3ccccc3)N=C2C)c2ccccc21. The molecular weight excluding hydrogens is 310 g/mol. The summed E-state index contributed by atoms with van der Waals surface area (Å²) in [6.07, 6.45) is 4.06. The number of anilines is 1. The van der Waals surface area contributed by atoms with Gasteiger partial charge < -0.3 is 4.57 Å². The van der Waals surface area contributed by atoms with E-state index in [0.717, 1.165) is 28.9 Å². The van der Waals surface area contributed by atoms with Gasteiger partial charge >= 0.3 is 0 Å². The van der Waals surface area contributed by atoms with Crippen LogP contribution in [0.25, 0.3) is 17.0 Å². The van der Waals surface area contributed by atoms with Crippen molar-refractivity contribution in [3.8, 4) is 0 Å². The Labute approximate surface area is 146 Å². The third-order valence-corrected chi connectivity index (χ3v) is 4.52. The van der Waals surface area contributed by atoms with Crippen LogP contribution in [-0.4, -0.2) is 16.2 Å². The number of carbonyl (C=O) groups is 1. The lowest BCUT2D eigenvalue weighted by Gasteiger charge is -2.10. The summed E-state index contributed by atoms with van der Waals surface area (Å²) in [6.45, 7) is 4.89. The third kappa shape index (κ3) is 2.56. The Kier molecular flexibility index (Phi) is 3.73. The molecule has 1 amide bonds. The number of aryl methyl sites for hydroxylation is 1. The van der Waals surface area contributed by atoms with Crippen molar-refractivity contribution in [2.24, 2.45) is 5.10 Å². The number of benzene rings is 2. The zero-order valence-corrected chi connectivity index (χ0v) is 14.3. The fraction of sp³-hybridized carbons (Fsp3) is 0.143. The number of hydrazone groups is 1. The average Bonchev–Trinajstić information content (AvgIpc) is 3.15. The van der Waals surface area contributed by atoms with Crippen molar-refractivity contribution < 1.29 is 4.79 Å². The summed E-state index contributed by atoms with van der Waals surface area (Å²) in [7, 11) is 0. The average molecular weight is 329 g/mol. The van der Waals surface area contributed by atoms with E-state index in [4.69, 9.17) is 0 Å². The summed E-state index contributed by atoms with van der Waals surface area (Å²) in [4.78, 5) is 12.9. The lowest BCUT2D eigenvalue weighted by molar-refractivity contribution is -0.114. The quantitative estimate of drug-likeness (QED) is 0.653. The van der Waals surface area contributed by atoms with Crippen LogP contribution in [0.4, 0.5) is 5.69 Å². The number of para-hydroxylation sites is 2. The molecule has 4 rings (SSSR count). The number of hydrogen-bond acceptors (Lipinski definition) is 2. The smallest absolute Gasteiger partial charge is 0.280 e. The van der Waals surface area contributed by atoms with Crippen molar-refractivity contribution in [3.05, 3.63) is 71.9 Å². The van der Waals surface area contributed by atoms with Gasteiger partial charge in [-0.3, -0.25) is 4.79 Å². The van der Waals surface area contributed by atoms with Crippen LogP contribution in [0.5, 0.6) is 0 Å². The number of amides is 1. The molecule has 3 aromatic rings. The third-order valence-electron chi connectivity index (χ3n) is 4.52. The molecular formula is C21H19N3O.